The van der Waals surface area contributed by atoms with Gasteiger partial charge in [0.05, 0.1) is 0 Å². The summed E-state index contributed by atoms with van der Waals surface area (Å²) in [6.45, 7) is 1.97. The summed E-state index contributed by atoms with van der Waals surface area (Å²) < 4.78 is 5.70. The molecule has 0 saturated carbocycles. The van der Waals surface area contributed by atoms with E-state index in [1.54, 1.807) is 0 Å². The second kappa shape index (κ2) is 5.13. The molecular formula is C12H17NO. The first-order valence-electron chi connectivity index (χ1n) is 5.34. The third-order valence-corrected chi connectivity index (χ3v) is 2.53. The lowest BCUT2D eigenvalue weighted by atomic mass is 10.1. The van der Waals surface area contributed by atoms with Gasteiger partial charge in [0.1, 0.15) is 6.23 Å². The molecule has 1 fully saturated rings. The standard InChI is InChI=1S/C12H17NO/c1-2-6-11(7-3-1)10-12-13-8-4-5-9-14-12/h1-3,6-7,12-13H,4-5,8-10H2. The molecule has 0 radical (unpaired) electrons. The lowest BCUT2D eigenvalue weighted by Gasteiger charge is -2.15. The van der Waals surface area contributed by atoms with E-state index in [2.05, 4.69) is 29.6 Å². The maximum absolute atomic E-state index is 5.70. The topological polar surface area (TPSA) is 21.3 Å². The highest BCUT2D eigenvalue weighted by Gasteiger charge is 2.11. The molecule has 1 aliphatic heterocycles. The maximum Gasteiger partial charge on any atom is 0.112 e. The first-order chi connectivity index (χ1) is 6.95. The van der Waals surface area contributed by atoms with Gasteiger partial charge in [-0.2, -0.15) is 0 Å². The summed E-state index contributed by atoms with van der Waals surface area (Å²) in [5.41, 5.74) is 1.34. The molecule has 1 aromatic rings. The maximum atomic E-state index is 5.70. The molecule has 14 heavy (non-hydrogen) atoms. The van der Waals surface area contributed by atoms with E-state index in [1.807, 2.05) is 6.07 Å². The van der Waals surface area contributed by atoms with Crippen molar-refractivity contribution in [1.82, 2.24) is 5.32 Å². The highest BCUT2D eigenvalue weighted by atomic mass is 16.5. The van der Waals surface area contributed by atoms with E-state index in [-0.39, 0.29) is 6.23 Å². The summed E-state index contributed by atoms with van der Waals surface area (Å²) in [5.74, 6) is 0. The van der Waals surface area contributed by atoms with Gasteiger partial charge >= 0.3 is 0 Å². The van der Waals surface area contributed by atoms with Gasteiger partial charge in [0.25, 0.3) is 0 Å². The van der Waals surface area contributed by atoms with Crippen molar-refractivity contribution in [2.24, 2.45) is 0 Å². The molecule has 76 valence electrons. The summed E-state index contributed by atoms with van der Waals surface area (Å²) in [5, 5.41) is 3.41. The third kappa shape index (κ3) is 2.82. The molecule has 1 aromatic carbocycles. The zero-order chi connectivity index (χ0) is 9.64. The van der Waals surface area contributed by atoms with Crippen LogP contribution in [0.3, 0.4) is 0 Å². The summed E-state index contributed by atoms with van der Waals surface area (Å²) in [4.78, 5) is 0. The third-order valence-electron chi connectivity index (χ3n) is 2.53. The smallest absolute Gasteiger partial charge is 0.112 e. The fourth-order valence-electron chi connectivity index (χ4n) is 1.73. The number of hydrogen-bond donors (Lipinski definition) is 1. The van der Waals surface area contributed by atoms with E-state index >= 15 is 0 Å². The Kier molecular flexibility index (Phi) is 3.55. The molecule has 1 heterocycles. The first-order valence-corrected chi connectivity index (χ1v) is 5.34. The van der Waals surface area contributed by atoms with Crippen molar-refractivity contribution in [2.75, 3.05) is 13.2 Å². The molecule has 0 bridgehead atoms. The average molecular weight is 191 g/mol. The first kappa shape index (κ1) is 9.69. The molecule has 0 aliphatic carbocycles. The van der Waals surface area contributed by atoms with Crippen molar-refractivity contribution in [3.05, 3.63) is 35.9 Å². The van der Waals surface area contributed by atoms with Crippen LogP contribution in [0.25, 0.3) is 0 Å². The van der Waals surface area contributed by atoms with Gasteiger partial charge in [-0.25, -0.2) is 0 Å². The fourth-order valence-corrected chi connectivity index (χ4v) is 1.73. The van der Waals surface area contributed by atoms with E-state index in [9.17, 15) is 0 Å². The van der Waals surface area contributed by atoms with Crippen LogP contribution in [0, 0.1) is 0 Å². The van der Waals surface area contributed by atoms with Crippen LogP contribution in [-0.2, 0) is 11.2 Å². The van der Waals surface area contributed by atoms with Crippen LogP contribution in [0.15, 0.2) is 30.3 Å². The Morgan fingerprint density at radius 1 is 1.21 bits per heavy atom. The van der Waals surface area contributed by atoms with Gasteiger partial charge in [-0.3, -0.25) is 5.32 Å². The van der Waals surface area contributed by atoms with Gasteiger partial charge in [-0.1, -0.05) is 30.3 Å². The molecule has 2 rings (SSSR count). The van der Waals surface area contributed by atoms with Crippen LogP contribution in [0.5, 0.6) is 0 Å². The van der Waals surface area contributed by atoms with Crippen molar-refractivity contribution in [1.29, 1.82) is 0 Å². The Hall–Kier alpha value is -0.860. The summed E-state index contributed by atoms with van der Waals surface area (Å²) >= 11 is 0. The minimum atomic E-state index is 0.208. The van der Waals surface area contributed by atoms with Crippen molar-refractivity contribution >= 4 is 0 Å². The van der Waals surface area contributed by atoms with Crippen molar-refractivity contribution in [3.63, 3.8) is 0 Å². The van der Waals surface area contributed by atoms with Crippen molar-refractivity contribution in [3.8, 4) is 0 Å². The molecule has 2 nitrogen and oxygen atoms in total. The van der Waals surface area contributed by atoms with Crippen LogP contribution < -0.4 is 5.32 Å². The van der Waals surface area contributed by atoms with E-state index in [4.69, 9.17) is 4.74 Å². The van der Waals surface area contributed by atoms with Crippen LogP contribution in [0.2, 0.25) is 0 Å². The number of ether oxygens (including phenoxy) is 1. The highest BCUT2D eigenvalue weighted by molar-refractivity contribution is 5.15. The zero-order valence-electron chi connectivity index (χ0n) is 8.41. The minimum Gasteiger partial charge on any atom is -0.363 e. The van der Waals surface area contributed by atoms with Crippen LogP contribution in [-0.4, -0.2) is 19.4 Å². The molecule has 0 amide bonds. The monoisotopic (exact) mass is 191 g/mol. The summed E-state index contributed by atoms with van der Waals surface area (Å²) in [6.07, 6.45) is 3.59. The minimum absolute atomic E-state index is 0.208. The molecule has 1 unspecified atom stereocenters. The summed E-state index contributed by atoms with van der Waals surface area (Å²) in [6, 6.07) is 10.5. The fraction of sp³-hybridized carbons (Fsp3) is 0.500. The van der Waals surface area contributed by atoms with E-state index in [1.165, 1.54) is 18.4 Å². The van der Waals surface area contributed by atoms with Gasteiger partial charge in [0.2, 0.25) is 0 Å². The van der Waals surface area contributed by atoms with Gasteiger partial charge in [0, 0.05) is 13.0 Å². The van der Waals surface area contributed by atoms with Crippen LogP contribution >= 0.6 is 0 Å². The number of benzene rings is 1. The second-order valence-electron chi connectivity index (χ2n) is 3.71. The van der Waals surface area contributed by atoms with E-state index in [0.717, 1.165) is 19.6 Å². The normalized spacial score (nSPS) is 23.0. The largest absolute Gasteiger partial charge is 0.363 e. The van der Waals surface area contributed by atoms with E-state index < -0.39 is 0 Å². The molecule has 1 saturated heterocycles. The zero-order valence-corrected chi connectivity index (χ0v) is 8.41. The van der Waals surface area contributed by atoms with Gasteiger partial charge in [-0.15, -0.1) is 0 Å². The van der Waals surface area contributed by atoms with Gasteiger partial charge < -0.3 is 4.74 Å². The Morgan fingerprint density at radius 2 is 2.07 bits per heavy atom. The predicted molar refractivity (Wildman–Crippen MR) is 57.1 cm³/mol. The second-order valence-corrected chi connectivity index (χ2v) is 3.71. The van der Waals surface area contributed by atoms with Gasteiger partial charge in [0.15, 0.2) is 0 Å². The predicted octanol–water partition coefficient (Wildman–Crippen LogP) is 1.96. The lowest BCUT2D eigenvalue weighted by Crippen LogP contribution is -2.32. The lowest BCUT2D eigenvalue weighted by molar-refractivity contribution is 0.0435. The molecular weight excluding hydrogens is 174 g/mol. The van der Waals surface area contributed by atoms with Crippen LogP contribution in [0.1, 0.15) is 18.4 Å². The Balaban J connectivity index is 1.90. The Morgan fingerprint density at radius 3 is 2.93 bits per heavy atom. The molecule has 0 spiro atoms. The van der Waals surface area contributed by atoms with Gasteiger partial charge in [-0.05, 0) is 24.9 Å². The number of rotatable bonds is 2. The van der Waals surface area contributed by atoms with Crippen molar-refractivity contribution < 1.29 is 4.74 Å². The SMILES string of the molecule is c1ccc(CC2NCCCCO2)cc1. The highest BCUT2D eigenvalue weighted by Crippen LogP contribution is 2.07. The molecule has 1 aliphatic rings. The number of hydrogen-bond acceptors (Lipinski definition) is 2. The Bertz CT molecular complexity index is 252. The van der Waals surface area contributed by atoms with E-state index in [0.29, 0.717) is 0 Å². The quantitative estimate of drug-likeness (QED) is 0.771. The number of nitrogens with one attached hydrogen (secondary N) is 1. The van der Waals surface area contributed by atoms with Crippen molar-refractivity contribution in [2.45, 2.75) is 25.5 Å². The molecule has 0 aromatic heterocycles. The average Bonchev–Trinajstić information content (AvgIpc) is 2.48. The molecule has 1 N–H and O–H groups in total. The Labute approximate surface area is 85.3 Å². The van der Waals surface area contributed by atoms with Crippen LogP contribution in [0.4, 0.5) is 0 Å². The molecule has 1 atom stereocenters. The molecule has 2 heteroatoms. The summed E-state index contributed by atoms with van der Waals surface area (Å²) in [7, 11) is 0.